The highest BCUT2D eigenvalue weighted by Gasteiger charge is 2.05. The summed E-state index contributed by atoms with van der Waals surface area (Å²) in [5, 5.41) is 11.3. The molecule has 0 aliphatic rings. The third kappa shape index (κ3) is 2.61. The summed E-state index contributed by atoms with van der Waals surface area (Å²) < 4.78 is 0. The average Bonchev–Trinajstić information content (AvgIpc) is 2.34. The van der Waals surface area contributed by atoms with Crippen molar-refractivity contribution >= 4 is 11.3 Å². The van der Waals surface area contributed by atoms with Gasteiger partial charge in [-0.1, -0.05) is 13.8 Å². The van der Waals surface area contributed by atoms with E-state index in [2.05, 4.69) is 25.3 Å². The summed E-state index contributed by atoms with van der Waals surface area (Å²) >= 11 is 1.75. The highest BCUT2D eigenvalue weighted by Crippen LogP contribution is 2.22. The molecule has 2 heteroatoms. The molecule has 0 aliphatic heterocycles. The molecule has 1 aromatic heterocycles. The minimum absolute atomic E-state index is 0.219. The average molecular weight is 184 g/mol. The Labute approximate surface area is 78.1 Å². The summed E-state index contributed by atoms with van der Waals surface area (Å²) in [5.41, 5.74) is 1.38. The molecule has 1 atom stereocenters. The maximum absolute atomic E-state index is 9.16. The van der Waals surface area contributed by atoms with Crippen molar-refractivity contribution in [1.82, 2.24) is 0 Å². The fourth-order valence-electron chi connectivity index (χ4n) is 1.10. The third-order valence-corrected chi connectivity index (χ3v) is 2.81. The van der Waals surface area contributed by atoms with Crippen molar-refractivity contribution in [3.63, 3.8) is 0 Å². The molecule has 0 fully saturated rings. The zero-order valence-electron chi connectivity index (χ0n) is 7.87. The summed E-state index contributed by atoms with van der Waals surface area (Å²) in [4.78, 5) is 1.29. The van der Waals surface area contributed by atoms with E-state index in [1.807, 2.05) is 6.92 Å². The largest absolute Gasteiger partial charge is 0.393 e. The van der Waals surface area contributed by atoms with E-state index in [1.54, 1.807) is 11.3 Å². The Kier molecular flexibility index (Phi) is 3.29. The molecule has 1 heterocycles. The van der Waals surface area contributed by atoms with Gasteiger partial charge in [0.2, 0.25) is 0 Å². The molecule has 0 amide bonds. The minimum Gasteiger partial charge on any atom is -0.393 e. The first kappa shape index (κ1) is 9.75. The van der Waals surface area contributed by atoms with Crippen molar-refractivity contribution in [3.05, 3.63) is 21.9 Å². The van der Waals surface area contributed by atoms with Crippen LogP contribution in [0.25, 0.3) is 0 Å². The second-order valence-electron chi connectivity index (χ2n) is 3.55. The molecule has 0 spiro atoms. The molecule has 1 rings (SSSR count). The van der Waals surface area contributed by atoms with Gasteiger partial charge in [0.15, 0.2) is 0 Å². The minimum atomic E-state index is -0.219. The van der Waals surface area contributed by atoms with E-state index in [1.165, 1.54) is 10.4 Å². The van der Waals surface area contributed by atoms with E-state index in [-0.39, 0.29) is 6.10 Å². The molecule has 1 unspecified atom stereocenters. The Hall–Kier alpha value is -0.340. The number of aliphatic hydroxyl groups is 1. The molecule has 0 saturated heterocycles. The first-order valence-corrected chi connectivity index (χ1v) is 5.23. The van der Waals surface area contributed by atoms with Gasteiger partial charge in [-0.2, -0.15) is 0 Å². The SMILES string of the molecule is CC(O)Cc1cc(C(C)C)cs1. The molecule has 68 valence electrons. The number of rotatable bonds is 3. The van der Waals surface area contributed by atoms with E-state index < -0.39 is 0 Å². The molecule has 12 heavy (non-hydrogen) atoms. The number of aliphatic hydroxyl groups excluding tert-OH is 1. The van der Waals surface area contributed by atoms with Gasteiger partial charge in [0.05, 0.1) is 6.10 Å². The summed E-state index contributed by atoms with van der Waals surface area (Å²) in [6.07, 6.45) is 0.570. The van der Waals surface area contributed by atoms with E-state index in [4.69, 9.17) is 5.11 Å². The van der Waals surface area contributed by atoms with E-state index in [0.29, 0.717) is 5.92 Å². The molecule has 1 nitrogen and oxygen atoms in total. The summed E-state index contributed by atoms with van der Waals surface area (Å²) in [5.74, 6) is 0.601. The van der Waals surface area contributed by atoms with Crippen molar-refractivity contribution in [2.24, 2.45) is 0 Å². The van der Waals surface area contributed by atoms with Gasteiger partial charge < -0.3 is 5.11 Å². The standard InChI is InChI=1S/C10H16OS/c1-7(2)9-5-10(12-6-9)4-8(3)11/h5-8,11H,4H2,1-3H3. The molecule has 0 saturated carbocycles. The van der Waals surface area contributed by atoms with Gasteiger partial charge in [0, 0.05) is 11.3 Å². The Bertz CT molecular complexity index is 238. The van der Waals surface area contributed by atoms with Crippen LogP contribution < -0.4 is 0 Å². The predicted molar refractivity (Wildman–Crippen MR) is 53.8 cm³/mol. The number of hydrogen-bond donors (Lipinski definition) is 1. The summed E-state index contributed by atoms with van der Waals surface area (Å²) in [7, 11) is 0. The number of hydrogen-bond acceptors (Lipinski definition) is 2. The highest BCUT2D eigenvalue weighted by molar-refractivity contribution is 7.10. The lowest BCUT2D eigenvalue weighted by Crippen LogP contribution is -2.02. The smallest absolute Gasteiger partial charge is 0.0560 e. The molecule has 1 aromatic rings. The Morgan fingerprint density at radius 3 is 2.50 bits per heavy atom. The molecular weight excluding hydrogens is 168 g/mol. The van der Waals surface area contributed by atoms with Crippen LogP contribution in [0, 0.1) is 0 Å². The van der Waals surface area contributed by atoms with Crippen LogP contribution in [0.1, 0.15) is 37.1 Å². The maximum Gasteiger partial charge on any atom is 0.0560 e. The second kappa shape index (κ2) is 4.06. The second-order valence-corrected chi connectivity index (χ2v) is 4.55. The Morgan fingerprint density at radius 1 is 1.42 bits per heavy atom. The normalized spacial score (nSPS) is 13.8. The zero-order valence-corrected chi connectivity index (χ0v) is 8.69. The van der Waals surface area contributed by atoms with Gasteiger partial charge >= 0.3 is 0 Å². The van der Waals surface area contributed by atoms with Gasteiger partial charge in [-0.3, -0.25) is 0 Å². The Balaban J connectivity index is 2.64. The van der Waals surface area contributed by atoms with Crippen molar-refractivity contribution < 1.29 is 5.11 Å². The van der Waals surface area contributed by atoms with Crippen LogP contribution in [0.15, 0.2) is 11.4 Å². The van der Waals surface area contributed by atoms with Crippen LogP contribution in [0.5, 0.6) is 0 Å². The lowest BCUT2D eigenvalue weighted by molar-refractivity contribution is 0.196. The summed E-state index contributed by atoms with van der Waals surface area (Å²) in [6.45, 7) is 6.21. The third-order valence-electron chi connectivity index (χ3n) is 1.84. The highest BCUT2D eigenvalue weighted by atomic mass is 32.1. The lowest BCUT2D eigenvalue weighted by Gasteiger charge is -2.00. The van der Waals surface area contributed by atoms with Crippen LogP contribution in [0.2, 0.25) is 0 Å². The van der Waals surface area contributed by atoms with Crippen molar-refractivity contribution in [2.45, 2.75) is 39.2 Å². The van der Waals surface area contributed by atoms with Crippen molar-refractivity contribution in [1.29, 1.82) is 0 Å². The van der Waals surface area contributed by atoms with Crippen molar-refractivity contribution in [2.75, 3.05) is 0 Å². The van der Waals surface area contributed by atoms with Crippen LogP contribution in [-0.4, -0.2) is 11.2 Å². The summed E-state index contributed by atoms with van der Waals surface area (Å²) in [6, 6.07) is 2.20. The van der Waals surface area contributed by atoms with Gasteiger partial charge in [-0.05, 0) is 29.9 Å². The van der Waals surface area contributed by atoms with E-state index in [0.717, 1.165) is 6.42 Å². The predicted octanol–water partition coefficient (Wildman–Crippen LogP) is 2.79. The van der Waals surface area contributed by atoms with Gasteiger partial charge in [-0.25, -0.2) is 0 Å². The first-order chi connectivity index (χ1) is 5.59. The monoisotopic (exact) mass is 184 g/mol. The Morgan fingerprint density at radius 2 is 2.08 bits per heavy atom. The molecular formula is C10H16OS. The molecule has 0 radical (unpaired) electrons. The quantitative estimate of drug-likeness (QED) is 0.766. The zero-order chi connectivity index (χ0) is 9.14. The van der Waals surface area contributed by atoms with Gasteiger partial charge in [0.25, 0.3) is 0 Å². The van der Waals surface area contributed by atoms with Crippen molar-refractivity contribution in [3.8, 4) is 0 Å². The van der Waals surface area contributed by atoms with Crippen LogP contribution in [-0.2, 0) is 6.42 Å². The van der Waals surface area contributed by atoms with E-state index >= 15 is 0 Å². The lowest BCUT2D eigenvalue weighted by atomic mass is 10.1. The van der Waals surface area contributed by atoms with Crippen LogP contribution >= 0.6 is 11.3 Å². The molecule has 1 N–H and O–H groups in total. The number of thiophene rings is 1. The molecule has 0 aliphatic carbocycles. The van der Waals surface area contributed by atoms with Gasteiger partial charge in [0.1, 0.15) is 0 Å². The molecule has 0 bridgehead atoms. The van der Waals surface area contributed by atoms with Crippen LogP contribution in [0.3, 0.4) is 0 Å². The fraction of sp³-hybridized carbons (Fsp3) is 0.600. The fourth-order valence-corrected chi connectivity index (χ4v) is 2.27. The molecule has 0 aromatic carbocycles. The topological polar surface area (TPSA) is 20.2 Å². The van der Waals surface area contributed by atoms with Gasteiger partial charge in [-0.15, -0.1) is 11.3 Å². The van der Waals surface area contributed by atoms with Crippen LogP contribution in [0.4, 0.5) is 0 Å². The maximum atomic E-state index is 9.16. The van der Waals surface area contributed by atoms with E-state index in [9.17, 15) is 0 Å². The first-order valence-electron chi connectivity index (χ1n) is 4.35.